The van der Waals surface area contributed by atoms with Crippen molar-refractivity contribution in [3.63, 3.8) is 0 Å². The van der Waals surface area contributed by atoms with Gasteiger partial charge in [-0.25, -0.2) is 0 Å². The molecule has 1 aliphatic carbocycles. The van der Waals surface area contributed by atoms with Gasteiger partial charge in [0.25, 0.3) is 0 Å². The highest BCUT2D eigenvalue weighted by molar-refractivity contribution is 7.99. The van der Waals surface area contributed by atoms with Crippen LogP contribution in [0.2, 0.25) is 0 Å². The van der Waals surface area contributed by atoms with Crippen molar-refractivity contribution in [3.05, 3.63) is 65.7 Å². The first-order valence-electron chi connectivity index (χ1n) is 11.4. The third-order valence-electron chi connectivity index (χ3n) is 6.02. The Labute approximate surface area is 190 Å². The summed E-state index contributed by atoms with van der Waals surface area (Å²) in [5.74, 6) is 0.737. The van der Waals surface area contributed by atoms with Crippen LogP contribution in [-0.4, -0.2) is 34.6 Å². The normalized spacial score (nSPS) is 14.9. The number of benzene rings is 2. The number of nitrogens with zero attached hydrogens (tertiary/aromatic N) is 1. The van der Waals surface area contributed by atoms with Crippen molar-refractivity contribution < 1.29 is 9.59 Å². The minimum Gasteiger partial charge on any atom is -0.352 e. The minimum absolute atomic E-state index is 0.00736. The Morgan fingerprint density at radius 3 is 2.42 bits per heavy atom. The fourth-order valence-electron chi connectivity index (χ4n) is 4.17. The molecule has 1 saturated carbocycles. The lowest BCUT2D eigenvalue weighted by molar-refractivity contribution is -0.141. The van der Waals surface area contributed by atoms with E-state index in [0.29, 0.717) is 25.1 Å². The Bertz CT molecular complexity index is 849. The van der Waals surface area contributed by atoms with Gasteiger partial charge in [0, 0.05) is 29.7 Å². The van der Waals surface area contributed by atoms with Gasteiger partial charge in [-0.1, -0.05) is 62.2 Å². The number of thioether (sulfide) groups is 1. The van der Waals surface area contributed by atoms with E-state index in [1.54, 1.807) is 16.7 Å². The van der Waals surface area contributed by atoms with E-state index in [4.69, 9.17) is 0 Å². The van der Waals surface area contributed by atoms with Crippen molar-refractivity contribution in [1.82, 2.24) is 10.2 Å². The highest BCUT2D eigenvalue weighted by Gasteiger charge is 2.30. The van der Waals surface area contributed by atoms with Crippen molar-refractivity contribution in [2.45, 2.75) is 75.9 Å². The van der Waals surface area contributed by atoms with Crippen LogP contribution in [0, 0.1) is 6.92 Å². The van der Waals surface area contributed by atoms with Crippen LogP contribution in [0.4, 0.5) is 0 Å². The Morgan fingerprint density at radius 2 is 1.74 bits per heavy atom. The van der Waals surface area contributed by atoms with Crippen molar-refractivity contribution >= 4 is 23.6 Å². The van der Waals surface area contributed by atoms with E-state index in [2.05, 4.69) is 36.5 Å². The predicted octanol–water partition coefficient (Wildman–Crippen LogP) is 5.34. The third kappa shape index (κ3) is 6.86. The molecule has 5 heteroatoms. The summed E-state index contributed by atoms with van der Waals surface area (Å²) in [6.07, 6.45) is 5.46. The van der Waals surface area contributed by atoms with Crippen molar-refractivity contribution in [1.29, 1.82) is 0 Å². The van der Waals surface area contributed by atoms with Crippen molar-refractivity contribution in [3.8, 4) is 0 Å². The molecule has 0 spiro atoms. The molecule has 1 unspecified atom stereocenters. The standard InChI is InChI=1S/C26H34N2O2S/c1-3-24(26(30)27-22-13-9-10-14-22)28(19-21-12-8-7-11-20(21)2)25(29)17-18-31-23-15-5-4-6-16-23/h4-8,11-12,15-16,22,24H,3,9-10,13-14,17-19H2,1-2H3,(H,27,30). The van der Waals surface area contributed by atoms with Crippen LogP contribution in [0.1, 0.15) is 56.6 Å². The fourth-order valence-corrected chi connectivity index (χ4v) is 5.04. The summed E-state index contributed by atoms with van der Waals surface area (Å²) in [5, 5.41) is 3.21. The summed E-state index contributed by atoms with van der Waals surface area (Å²) in [6.45, 7) is 4.52. The zero-order valence-electron chi connectivity index (χ0n) is 18.7. The molecule has 0 aromatic heterocycles. The highest BCUT2D eigenvalue weighted by atomic mass is 32.2. The molecule has 1 aliphatic rings. The Balaban J connectivity index is 1.71. The Kier molecular flexibility index (Phi) is 9.01. The number of carbonyl (C=O) groups excluding carboxylic acids is 2. The zero-order valence-corrected chi connectivity index (χ0v) is 19.5. The second-order valence-corrected chi connectivity index (χ2v) is 9.44. The molecule has 2 aromatic carbocycles. The number of hydrogen-bond acceptors (Lipinski definition) is 3. The van der Waals surface area contributed by atoms with E-state index < -0.39 is 6.04 Å². The Morgan fingerprint density at radius 1 is 1.06 bits per heavy atom. The van der Waals surface area contributed by atoms with Crippen LogP contribution < -0.4 is 5.32 Å². The maximum atomic E-state index is 13.3. The lowest BCUT2D eigenvalue weighted by atomic mass is 10.1. The number of nitrogens with one attached hydrogen (secondary N) is 1. The molecule has 1 N–H and O–H groups in total. The molecule has 1 atom stereocenters. The maximum Gasteiger partial charge on any atom is 0.243 e. The number of hydrogen-bond donors (Lipinski definition) is 1. The van der Waals surface area contributed by atoms with Crippen LogP contribution in [0.25, 0.3) is 0 Å². The second-order valence-electron chi connectivity index (χ2n) is 8.27. The third-order valence-corrected chi connectivity index (χ3v) is 7.03. The summed E-state index contributed by atoms with van der Waals surface area (Å²) in [5.41, 5.74) is 2.24. The lowest BCUT2D eigenvalue weighted by Crippen LogP contribution is -2.51. The zero-order chi connectivity index (χ0) is 22.1. The molecule has 31 heavy (non-hydrogen) atoms. The van der Waals surface area contributed by atoms with Gasteiger partial charge in [0.15, 0.2) is 0 Å². The number of rotatable bonds is 10. The lowest BCUT2D eigenvalue weighted by Gasteiger charge is -2.32. The van der Waals surface area contributed by atoms with Crippen molar-refractivity contribution in [2.75, 3.05) is 5.75 Å². The first kappa shape index (κ1) is 23.4. The molecular formula is C26H34N2O2S. The summed E-state index contributed by atoms with van der Waals surface area (Å²) in [4.78, 5) is 29.4. The van der Waals surface area contributed by atoms with Gasteiger partial charge >= 0.3 is 0 Å². The molecule has 4 nitrogen and oxygen atoms in total. The Hall–Kier alpha value is -2.27. The van der Waals surface area contributed by atoms with Gasteiger partial charge in [-0.05, 0) is 49.4 Å². The number of carbonyl (C=O) groups is 2. The van der Waals surface area contributed by atoms with E-state index in [1.165, 1.54) is 12.8 Å². The van der Waals surface area contributed by atoms with Crippen molar-refractivity contribution in [2.24, 2.45) is 0 Å². The molecule has 0 aliphatic heterocycles. The topological polar surface area (TPSA) is 49.4 Å². The van der Waals surface area contributed by atoms with Gasteiger partial charge in [0.1, 0.15) is 6.04 Å². The molecule has 2 amide bonds. The number of amides is 2. The average Bonchev–Trinajstić information content (AvgIpc) is 3.28. The minimum atomic E-state index is -0.436. The summed E-state index contributed by atoms with van der Waals surface area (Å²) < 4.78 is 0. The number of aryl methyl sites for hydroxylation is 1. The average molecular weight is 439 g/mol. The van der Waals surface area contributed by atoms with Crippen LogP contribution in [-0.2, 0) is 16.1 Å². The SMILES string of the molecule is CCC(C(=O)NC1CCCC1)N(Cc1ccccc1C)C(=O)CCSc1ccccc1. The van der Waals surface area contributed by atoms with Gasteiger partial charge in [0.2, 0.25) is 11.8 Å². The fraction of sp³-hybridized carbons (Fsp3) is 0.462. The van der Waals surface area contributed by atoms with E-state index >= 15 is 0 Å². The second kappa shape index (κ2) is 11.9. The molecule has 2 aromatic rings. The van der Waals surface area contributed by atoms with Gasteiger partial charge in [-0.15, -0.1) is 11.8 Å². The largest absolute Gasteiger partial charge is 0.352 e. The van der Waals surface area contributed by atoms with Crippen LogP contribution in [0.3, 0.4) is 0 Å². The first-order valence-corrected chi connectivity index (χ1v) is 12.4. The van der Waals surface area contributed by atoms with E-state index in [-0.39, 0.29) is 17.9 Å². The van der Waals surface area contributed by atoms with Crippen LogP contribution in [0.15, 0.2) is 59.5 Å². The van der Waals surface area contributed by atoms with Gasteiger partial charge in [-0.2, -0.15) is 0 Å². The van der Waals surface area contributed by atoms with E-state index in [0.717, 1.165) is 28.9 Å². The molecular weight excluding hydrogens is 404 g/mol. The van der Waals surface area contributed by atoms with Gasteiger partial charge < -0.3 is 10.2 Å². The van der Waals surface area contributed by atoms with Gasteiger partial charge in [0.05, 0.1) is 0 Å². The molecule has 0 saturated heterocycles. The monoisotopic (exact) mass is 438 g/mol. The first-order chi connectivity index (χ1) is 15.1. The smallest absolute Gasteiger partial charge is 0.243 e. The molecule has 166 valence electrons. The van der Waals surface area contributed by atoms with Gasteiger partial charge in [-0.3, -0.25) is 9.59 Å². The predicted molar refractivity (Wildman–Crippen MR) is 128 cm³/mol. The quantitative estimate of drug-likeness (QED) is 0.509. The highest BCUT2D eigenvalue weighted by Crippen LogP contribution is 2.22. The summed E-state index contributed by atoms with van der Waals surface area (Å²) in [6, 6.07) is 18.1. The molecule has 0 heterocycles. The molecule has 1 fully saturated rings. The maximum absolute atomic E-state index is 13.3. The van der Waals surface area contributed by atoms with Crippen LogP contribution in [0.5, 0.6) is 0 Å². The summed E-state index contributed by atoms with van der Waals surface area (Å²) >= 11 is 1.68. The molecule has 0 bridgehead atoms. The van der Waals surface area contributed by atoms with Crippen LogP contribution >= 0.6 is 11.8 Å². The summed E-state index contributed by atoms with van der Waals surface area (Å²) in [7, 11) is 0. The molecule has 3 rings (SSSR count). The molecule has 0 radical (unpaired) electrons. The van der Waals surface area contributed by atoms with E-state index in [1.807, 2.05) is 37.3 Å². The van der Waals surface area contributed by atoms with E-state index in [9.17, 15) is 9.59 Å².